The van der Waals surface area contributed by atoms with E-state index in [-0.39, 0.29) is 57.2 Å². The molecule has 0 aromatic carbocycles. The van der Waals surface area contributed by atoms with Crippen molar-refractivity contribution in [2.75, 3.05) is 0 Å². The normalized spacial score (nSPS) is 43.9. The maximum Gasteiger partial charge on any atom is 0.490 e. The summed E-state index contributed by atoms with van der Waals surface area (Å²) < 4.78 is 13.3. The van der Waals surface area contributed by atoms with Crippen LogP contribution < -0.4 is 5.32 Å². The molecule has 46 heavy (non-hydrogen) atoms. The van der Waals surface area contributed by atoms with E-state index in [1.807, 2.05) is 0 Å². The standard InChI is InChI=1S/C39H62BNO5/c1-24(30(42)43)41-31(44)39-21-19-32(2,3)23-26(39)25-13-14-28-36(10)17-16-29(40-45-34(6,7)35(8,9)46-40)33(4,5)27(36)15-18-38(28,12)37(25,11)20-22-39/h13,16,24,26-28H,14-15,17-23H2,1-12H3,(H,41,44)(H,42,43)/t24-,26-,27-,28+,36-,37+,38+,39-/m0/s1. The van der Waals surface area contributed by atoms with E-state index in [1.165, 1.54) is 23.9 Å². The Morgan fingerprint density at radius 1 is 0.870 bits per heavy atom. The molecule has 6 rings (SSSR count). The number of carboxylic acids is 1. The zero-order chi connectivity index (χ0) is 34.1. The topological polar surface area (TPSA) is 84.9 Å². The number of carbonyl (C=O) groups excluding carboxylic acids is 1. The fourth-order valence-electron chi connectivity index (χ4n) is 12.1. The number of nitrogens with one attached hydrogen (secondary N) is 1. The zero-order valence-corrected chi connectivity index (χ0v) is 31.0. The molecule has 1 saturated heterocycles. The molecule has 0 bridgehead atoms. The van der Waals surface area contributed by atoms with Gasteiger partial charge in [-0.25, -0.2) is 0 Å². The van der Waals surface area contributed by atoms with Crippen molar-refractivity contribution in [2.24, 2.45) is 50.2 Å². The molecule has 7 heteroatoms. The van der Waals surface area contributed by atoms with Crippen molar-refractivity contribution in [3.05, 3.63) is 23.2 Å². The Labute approximate surface area is 279 Å². The first-order chi connectivity index (χ1) is 21.0. The molecule has 0 spiro atoms. The molecule has 6 aliphatic rings. The molecule has 6 nitrogen and oxygen atoms in total. The van der Waals surface area contributed by atoms with Crippen LogP contribution in [0.5, 0.6) is 0 Å². The number of carboxylic acid groups (broad SMARTS) is 1. The quantitative estimate of drug-likeness (QED) is 0.239. The fourth-order valence-corrected chi connectivity index (χ4v) is 12.1. The van der Waals surface area contributed by atoms with Crippen molar-refractivity contribution in [1.29, 1.82) is 0 Å². The number of amides is 1. The Kier molecular flexibility index (Phi) is 7.61. The Bertz CT molecular complexity index is 1360. The molecular weight excluding hydrogens is 573 g/mol. The molecule has 256 valence electrons. The number of hydrogen-bond acceptors (Lipinski definition) is 4. The third-order valence-electron chi connectivity index (χ3n) is 16.0. The highest BCUT2D eigenvalue weighted by Crippen LogP contribution is 2.76. The molecule has 1 aliphatic heterocycles. The minimum absolute atomic E-state index is 0.00400. The SMILES string of the molecule is C[C@H](NC(=O)[C@]12CCC(C)(C)C[C@H]1C1=CC[C@@H]3[C@@]4(C)CC=C(B5OC(C)(C)C(C)(C)O5)C(C)(C)[C@@H]4CC[C@@]3(C)[C@]1(C)CC2)C(=O)O. The van der Waals surface area contributed by atoms with Crippen LogP contribution in [0.4, 0.5) is 0 Å². The van der Waals surface area contributed by atoms with Gasteiger partial charge < -0.3 is 19.7 Å². The van der Waals surface area contributed by atoms with Crippen LogP contribution in [-0.2, 0) is 18.9 Å². The van der Waals surface area contributed by atoms with E-state index < -0.39 is 17.4 Å². The third kappa shape index (κ3) is 4.55. The number of aliphatic carboxylic acids is 1. The molecule has 1 heterocycles. The van der Waals surface area contributed by atoms with Crippen LogP contribution in [0.3, 0.4) is 0 Å². The van der Waals surface area contributed by atoms with E-state index in [0.717, 1.165) is 44.9 Å². The van der Waals surface area contributed by atoms with Crippen molar-refractivity contribution < 1.29 is 24.0 Å². The number of carbonyl (C=O) groups is 2. The lowest BCUT2D eigenvalue weighted by Gasteiger charge is -2.70. The summed E-state index contributed by atoms with van der Waals surface area (Å²) in [4.78, 5) is 25.9. The van der Waals surface area contributed by atoms with Gasteiger partial charge in [-0.2, -0.15) is 0 Å². The van der Waals surface area contributed by atoms with E-state index in [2.05, 4.69) is 93.6 Å². The second kappa shape index (κ2) is 10.2. The van der Waals surface area contributed by atoms with Gasteiger partial charge in [-0.05, 0) is 143 Å². The highest BCUT2D eigenvalue weighted by Gasteiger charge is 2.69. The minimum Gasteiger partial charge on any atom is -0.480 e. The van der Waals surface area contributed by atoms with Crippen LogP contribution >= 0.6 is 0 Å². The van der Waals surface area contributed by atoms with Crippen molar-refractivity contribution >= 4 is 19.0 Å². The maximum absolute atomic E-state index is 14.1. The number of hydrogen-bond donors (Lipinski definition) is 2. The van der Waals surface area contributed by atoms with Crippen molar-refractivity contribution in [3.8, 4) is 0 Å². The number of rotatable bonds is 4. The second-order valence-corrected chi connectivity index (χ2v) is 19.6. The summed E-state index contributed by atoms with van der Waals surface area (Å²) in [7, 11) is -0.302. The fraction of sp³-hybridized carbons (Fsp3) is 0.846. The predicted octanol–water partition coefficient (Wildman–Crippen LogP) is 8.55. The molecule has 0 aromatic heterocycles. The Balaban J connectivity index is 1.37. The predicted molar refractivity (Wildman–Crippen MR) is 184 cm³/mol. The average molecular weight is 636 g/mol. The molecule has 4 fully saturated rings. The van der Waals surface area contributed by atoms with Crippen LogP contribution in [-0.4, -0.2) is 41.3 Å². The lowest BCUT2D eigenvalue weighted by molar-refractivity contribution is -0.170. The molecular formula is C39H62BNO5. The molecule has 0 aromatic rings. The molecule has 1 amide bonds. The minimum atomic E-state index is -0.971. The first kappa shape index (κ1) is 34.3. The van der Waals surface area contributed by atoms with E-state index >= 15 is 0 Å². The molecule has 2 N–H and O–H groups in total. The molecule has 3 saturated carbocycles. The van der Waals surface area contributed by atoms with Crippen molar-refractivity contribution in [3.63, 3.8) is 0 Å². The summed E-state index contributed by atoms with van der Waals surface area (Å²) >= 11 is 0. The summed E-state index contributed by atoms with van der Waals surface area (Å²) in [5.41, 5.74) is 1.96. The van der Waals surface area contributed by atoms with Gasteiger partial charge in [0, 0.05) is 0 Å². The van der Waals surface area contributed by atoms with Gasteiger partial charge in [-0.3, -0.25) is 9.59 Å². The average Bonchev–Trinajstić information content (AvgIpc) is 3.14. The van der Waals surface area contributed by atoms with E-state index in [1.54, 1.807) is 6.92 Å². The Morgan fingerprint density at radius 2 is 1.48 bits per heavy atom. The number of fused-ring (bicyclic) bond motifs is 7. The molecule has 0 unspecified atom stereocenters. The Morgan fingerprint density at radius 3 is 2.09 bits per heavy atom. The lowest BCUT2D eigenvalue weighted by atomic mass is 9.33. The highest BCUT2D eigenvalue weighted by atomic mass is 16.7. The van der Waals surface area contributed by atoms with Gasteiger partial charge in [0.05, 0.1) is 16.6 Å². The van der Waals surface area contributed by atoms with Gasteiger partial charge >= 0.3 is 13.1 Å². The number of allylic oxidation sites excluding steroid dienone is 4. The smallest absolute Gasteiger partial charge is 0.480 e. The monoisotopic (exact) mass is 635 g/mol. The van der Waals surface area contributed by atoms with Crippen molar-refractivity contribution in [2.45, 2.75) is 158 Å². The van der Waals surface area contributed by atoms with Gasteiger partial charge in [0.15, 0.2) is 0 Å². The summed E-state index contributed by atoms with van der Waals surface area (Å²) in [5, 5.41) is 12.6. The first-order valence-electron chi connectivity index (χ1n) is 18.3. The maximum atomic E-state index is 14.1. The lowest BCUT2D eigenvalue weighted by Crippen LogP contribution is -2.65. The summed E-state index contributed by atoms with van der Waals surface area (Å²) in [6.07, 6.45) is 14.1. The van der Waals surface area contributed by atoms with Crippen molar-refractivity contribution in [1.82, 2.24) is 5.32 Å². The first-order valence-corrected chi connectivity index (χ1v) is 18.3. The largest absolute Gasteiger partial charge is 0.490 e. The third-order valence-corrected chi connectivity index (χ3v) is 16.0. The summed E-state index contributed by atoms with van der Waals surface area (Å²) in [6, 6.07) is -0.881. The van der Waals surface area contributed by atoms with Gasteiger partial charge in [0.2, 0.25) is 5.91 Å². The molecule has 0 radical (unpaired) electrons. The summed E-state index contributed by atoms with van der Waals surface area (Å²) in [6.45, 7) is 27.5. The van der Waals surface area contributed by atoms with Crippen LogP contribution in [0.2, 0.25) is 0 Å². The van der Waals surface area contributed by atoms with E-state index in [0.29, 0.717) is 11.8 Å². The zero-order valence-electron chi connectivity index (χ0n) is 31.0. The second-order valence-electron chi connectivity index (χ2n) is 19.6. The van der Waals surface area contributed by atoms with Gasteiger partial charge in [-0.1, -0.05) is 66.2 Å². The molecule has 5 aliphatic carbocycles. The van der Waals surface area contributed by atoms with Gasteiger partial charge in [0.25, 0.3) is 0 Å². The van der Waals surface area contributed by atoms with Crippen LogP contribution in [0.25, 0.3) is 0 Å². The van der Waals surface area contributed by atoms with Gasteiger partial charge in [-0.15, -0.1) is 0 Å². The summed E-state index contributed by atoms with van der Waals surface area (Å²) in [5.74, 6) is 0.199. The van der Waals surface area contributed by atoms with Crippen LogP contribution in [0, 0.1) is 50.2 Å². The van der Waals surface area contributed by atoms with E-state index in [9.17, 15) is 14.7 Å². The Hall–Kier alpha value is -1.60. The van der Waals surface area contributed by atoms with Gasteiger partial charge in [0.1, 0.15) is 6.04 Å². The molecule has 8 atom stereocenters. The van der Waals surface area contributed by atoms with E-state index in [4.69, 9.17) is 9.31 Å². The van der Waals surface area contributed by atoms with Crippen LogP contribution in [0.1, 0.15) is 141 Å². The van der Waals surface area contributed by atoms with Crippen LogP contribution in [0.15, 0.2) is 23.2 Å². The highest BCUT2D eigenvalue weighted by molar-refractivity contribution is 6.55.